The van der Waals surface area contributed by atoms with Crippen LogP contribution in [0.1, 0.15) is 25.0 Å². The van der Waals surface area contributed by atoms with Crippen molar-refractivity contribution in [2.45, 2.75) is 33.1 Å². The standard InChI is InChI=1S/C21H28Cl2N2O3/c1-3-27-20-11-17(13-25-9-8-24-12-15(2)26)10-19(23)21(20)28-14-16-4-6-18(22)7-5-16/h4-7,10-11,15,24-26H,3,8-9,12-14H2,1-2H3. The van der Waals surface area contributed by atoms with E-state index in [9.17, 15) is 5.11 Å². The highest BCUT2D eigenvalue weighted by molar-refractivity contribution is 6.32. The van der Waals surface area contributed by atoms with E-state index in [2.05, 4.69) is 10.6 Å². The van der Waals surface area contributed by atoms with Crippen molar-refractivity contribution in [2.75, 3.05) is 26.2 Å². The van der Waals surface area contributed by atoms with E-state index in [1.807, 2.05) is 43.3 Å². The zero-order valence-electron chi connectivity index (χ0n) is 16.3. The average molecular weight is 427 g/mol. The lowest BCUT2D eigenvalue weighted by Gasteiger charge is -2.16. The van der Waals surface area contributed by atoms with Gasteiger partial charge in [-0.3, -0.25) is 0 Å². The number of rotatable bonds is 12. The Morgan fingerprint density at radius 3 is 2.39 bits per heavy atom. The molecule has 2 rings (SSSR count). The molecule has 3 N–H and O–H groups in total. The van der Waals surface area contributed by atoms with Crippen LogP contribution in [0.4, 0.5) is 0 Å². The summed E-state index contributed by atoms with van der Waals surface area (Å²) >= 11 is 12.4. The van der Waals surface area contributed by atoms with Crippen molar-refractivity contribution < 1.29 is 14.6 Å². The Bertz CT molecular complexity index is 724. The first-order valence-electron chi connectivity index (χ1n) is 9.41. The molecule has 28 heavy (non-hydrogen) atoms. The Labute approximate surface area is 177 Å². The van der Waals surface area contributed by atoms with Gasteiger partial charge in [0.25, 0.3) is 0 Å². The molecule has 0 aromatic heterocycles. The number of aliphatic hydroxyl groups is 1. The second kappa shape index (κ2) is 12.1. The quantitative estimate of drug-likeness (QED) is 0.447. The zero-order chi connectivity index (χ0) is 20.4. The molecule has 0 amide bonds. The average Bonchev–Trinajstić information content (AvgIpc) is 2.65. The number of nitrogens with one attached hydrogen (secondary N) is 2. The van der Waals surface area contributed by atoms with E-state index in [1.54, 1.807) is 6.92 Å². The summed E-state index contributed by atoms with van der Waals surface area (Å²) in [5, 5.41) is 16.9. The number of halogens is 2. The fourth-order valence-electron chi connectivity index (χ4n) is 2.58. The van der Waals surface area contributed by atoms with Crippen molar-refractivity contribution in [2.24, 2.45) is 0 Å². The van der Waals surface area contributed by atoms with E-state index in [1.165, 1.54) is 0 Å². The topological polar surface area (TPSA) is 62.8 Å². The molecule has 0 saturated carbocycles. The molecule has 1 unspecified atom stereocenters. The number of aliphatic hydroxyl groups excluding tert-OH is 1. The predicted molar refractivity (Wildman–Crippen MR) is 115 cm³/mol. The Morgan fingerprint density at radius 2 is 1.71 bits per heavy atom. The Hall–Kier alpha value is -1.50. The second-order valence-corrected chi connectivity index (χ2v) is 7.33. The molecule has 0 aliphatic heterocycles. The smallest absolute Gasteiger partial charge is 0.180 e. The number of hydrogen-bond donors (Lipinski definition) is 3. The molecule has 0 heterocycles. The maximum absolute atomic E-state index is 9.22. The lowest BCUT2D eigenvalue weighted by Crippen LogP contribution is -2.31. The molecule has 154 valence electrons. The van der Waals surface area contributed by atoms with Crippen molar-refractivity contribution in [3.8, 4) is 11.5 Å². The summed E-state index contributed by atoms with van der Waals surface area (Å²) in [5.41, 5.74) is 2.01. The van der Waals surface area contributed by atoms with Crippen LogP contribution in [0.25, 0.3) is 0 Å². The highest BCUT2D eigenvalue weighted by Crippen LogP contribution is 2.37. The van der Waals surface area contributed by atoms with Crippen LogP contribution in [0.15, 0.2) is 36.4 Å². The fraction of sp³-hybridized carbons (Fsp3) is 0.429. The summed E-state index contributed by atoms with van der Waals surface area (Å²) in [6, 6.07) is 11.3. The molecule has 0 spiro atoms. The molecule has 1 atom stereocenters. The molecule has 0 saturated heterocycles. The summed E-state index contributed by atoms with van der Waals surface area (Å²) in [6.45, 7) is 7.39. The monoisotopic (exact) mass is 426 g/mol. The van der Waals surface area contributed by atoms with Crippen LogP contribution in [-0.4, -0.2) is 37.5 Å². The molecular weight excluding hydrogens is 399 g/mol. The first kappa shape index (κ1) is 22.8. The van der Waals surface area contributed by atoms with Crippen LogP contribution < -0.4 is 20.1 Å². The van der Waals surface area contributed by atoms with E-state index >= 15 is 0 Å². The lowest BCUT2D eigenvalue weighted by atomic mass is 10.2. The number of benzene rings is 2. The van der Waals surface area contributed by atoms with Crippen LogP contribution in [0.5, 0.6) is 11.5 Å². The Morgan fingerprint density at radius 1 is 1.00 bits per heavy atom. The van der Waals surface area contributed by atoms with Crippen LogP contribution in [0, 0.1) is 0 Å². The van der Waals surface area contributed by atoms with Gasteiger partial charge in [0, 0.05) is 31.2 Å². The second-order valence-electron chi connectivity index (χ2n) is 6.48. The van der Waals surface area contributed by atoms with E-state index in [0.717, 1.165) is 24.2 Å². The van der Waals surface area contributed by atoms with Gasteiger partial charge in [0.15, 0.2) is 11.5 Å². The van der Waals surface area contributed by atoms with Crippen LogP contribution in [-0.2, 0) is 13.2 Å². The van der Waals surface area contributed by atoms with Crippen LogP contribution in [0.3, 0.4) is 0 Å². The first-order valence-corrected chi connectivity index (χ1v) is 10.2. The van der Waals surface area contributed by atoms with Gasteiger partial charge in [0.05, 0.1) is 17.7 Å². The first-order chi connectivity index (χ1) is 13.5. The minimum absolute atomic E-state index is 0.340. The molecule has 0 aliphatic carbocycles. The third kappa shape index (κ3) is 7.86. The van der Waals surface area contributed by atoms with Gasteiger partial charge in [-0.2, -0.15) is 0 Å². The maximum atomic E-state index is 9.22. The van der Waals surface area contributed by atoms with Gasteiger partial charge < -0.3 is 25.2 Å². The molecule has 2 aromatic carbocycles. The van der Waals surface area contributed by atoms with Gasteiger partial charge in [-0.25, -0.2) is 0 Å². The van der Waals surface area contributed by atoms with Crippen molar-refractivity contribution in [3.63, 3.8) is 0 Å². The molecule has 0 bridgehead atoms. The number of hydrogen-bond acceptors (Lipinski definition) is 5. The minimum atomic E-state index is -0.340. The van der Waals surface area contributed by atoms with E-state index in [0.29, 0.717) is 47.8 Å². The summed E-state index contributed by atoms with van der Waals surface area (Å²) in [4.78, 5) is 0. The van der Waals surface area contributed by atoms with Gasteiger partial charge >= 0.3 is 0 Å². The molecular formula is C21H28Cl2N2O3. The predicted octanol–water partition coefficient (Wildman–Crippen LogP) is 4.03. The normalized spacial score (nSPS) is 12.0. The van der Waals surface area contributed by atoms with Crippen LogP contribution in [0.2, 0.25) is 10.0 Å². The third-order valence-corrected chi connectivity index (χ3v) is 4.45. The molecule has 0 aliphatic rings. The van der Waals surface area contributed by atoms with Crippen molar-refractivity contribution >= 4 is 23.2 Å². The summed E-state index contributed by atoms with van der Waals surface area (Å²) in [5.74, 6) is 1.17. The SMILES string of the molecule is CCOc1cc(CNCCNCC(C)O)cc(Cl)c1OCc1ccc(Cl)cc1. The minimum Gasteiger partial charge on any atom is -0.490 e. The highest BCUT2D eigenvalue weighted by atomic mass is 35.5. The molecule has 0 fully saturated rings. The van der Waals surface area contributed by atoms with Crippen LogP contribution >= 0.6 is 23.2 Å². The van der Waals surface area contributed by atoms with E-state index in [-0.39, 0.29) is 6.10 Å². The lowest BCUT2D eigenvalue weighted by molar-refractivity contribution is 0.191. The summed E-state index contributed by atoms with van der Waals surface area (Å²) in [6.07, 6.45) is -0.340. The zero-order valence-corrected chi connectivity index (χ0v) is 17.8. The van der Waals surface area contributed by atoms with Crippen molar-refractivity contribution in [1.29, 1.82) is 0 Å². The third-order valence-electron chi connectivity index (χ3n) is 3.91. The Kier molecular flexibility index (Phi) is 9.88. The van der Waals surface area contributed by atoms with Crippen molar-refractivity contribution in [1.82, 2.24) is 10.6 Å². The largest absolute Gasteiger partial charge is 0.490 e. The van der Waals surface area contributed by atoms with Crippen molar-refractivity contribution in [3.05, 3.63) is 57.6 Å². The van der Waals surface area contributed by atoms with E-state index < -0.39 is 0 Å². The van der Waals surface area contributed by atoms with Gasteiger partial charge in [0.2, 0.25) is 0 Å². The summed E-state index contributed by atoms with van der Waals surface area (Å²) in [7, 11) is 0. The maximum Gasteiger partial charge on any atom is 0.180 e. The van der Waals surface area contributed by atoms with E-state index in [4.69, 9.17) is 32.7 Å². The highest BCUT2D eigenvalue weighted by Gasteiger charge is 2.13. The molecule has 5 nitrogen and oxygen atoms in total. The van der Waals surface area contributed by atoms with Gasteiger partial charge in [-0.15, -0.1) is 0 Å². The van der Waals surface area contributed by atoms with Gasteiger partial charge in [-0.05, 0) is 49.2 Å². The van der Waals surface area contributed by atoms with Gasteiger partial charge in [0.1, 0.15) is 6.61 Å². The molecule has 2 aromatic rings. The Balaban J connectivity index is 1.95. The van der Waals surface area contributed by atoms with Gasteiger partial charge in [-0.1, -0.05) is 35.3 Å². The molecule has 7 heteroatoms. The molecule has 0 radical (unpaired) electrons. The summed E-state index contributed by atoms with van der Waals surface area (Å²) < 4.78 is 11.7. The number of ether oxygens (including phenoxy) is 2. The fourth-order valence-corrected chi connectivity index (χ4v) is 3.00.